The quantitative estimate of drug-likeness (QED) is 0.0185. The number of thioether (sulfide) groups is 2. The zero-order valence-corrected chi connectivity index (χ0v) is 36.9. The van der Waals surface area contributed by atoms with Crippen LogP contribution < -0.4 is 49.5 Å². The fourth-order valence-corrected chi connectivity index (χ4v) is 7.29. The van der Waals surface area contributed by atoms with Crippen LogP contribution in [-0.2, 0) is 43.2 Å². The van der Waals surface area contributed by atoms with Gasteiger partial charge in [0.05, 0.1) is 6.04 Å². The predicted octanol–water partition coefficient (Wildman–Crippen LogP) is -2.77. The summed E-state index contributed by atoms with van der Waals surface area (Å²) in [5.41, 5.74) is 22.4. The minimum absolute atomic E-state index is 0.0279. The van der Waals surface area contributed by atoms with Crippen LogP contribution >= 0.6 is 23.5 Å². The fourth-order valence-electron chi connectivity index (χ4n) is 6.35. The lowest BCUT2D eigenvalue weighted by Crippen LogP contribution is -2.59. The maximum atomic E-state index is 13.8. The zero-order chi connectivity index (χ0) is 46.8. The highest BCUT2D eigenvalue weighted by Gasteiger charge is 2.38. The topological polar surface area (TPSA) is 394 Å². The molecule has 0 saturated carbocycles. The van der Waals surface area contributed by atoms with Crippen molar-refractivity contribution in [2.24, 2.45) is 27.9 Å². The van der Waals surface area contributed by atoms with Crippen LogP contribution in [0.4, 0.5) is 0 Å². The van der Waals surface area contributed by atoms with E-state index in [0.29, 0.717) is 50.2 Å². The van der Waals surface area contributed by atoms with Gasteiger partial charge in [-0.1, -0.05) is 6.42 Å². The molecule has 1 heterocycles. The van der Waals surface area contributed by atoms with Crippen molar-refractivity contribution >= 4 is 82.8 Å². The van der Waals surface area contributed by atoms with Crippen molar-refractivity contribution in [1.82, 2.24) is 31.5 Å². The Morgan fingerprint density at radius 2 is 1.13 bits per heavy atom. The molecule has 0 unspecified atom stereocenters. The number of hydrogen-bond donors (Lipinski definition) is 12. The minimum Gasteiger partial charge on any atom is -0.481 e. The number of unbranched alkanes of at least 4 members (excludes halogenated alkanes) is 1. The summed E-state index contributed by atoms with van der Waals surface area (Å²) in [4.78, 5) is 122. The van der Waals surface area contributed by atoms with Crippen LogP contribution in [0, 0.1) is 0 Å². The summed E-state index contributed by atoms with van der Waals surface area (Å²) in [7, 11) is 0. The maximum absolute atomic E-state index is 13.8. The SMILES string of the molecule is CSCC[C@H](NC(=O)[C@H](CCCN=C(N)N)NC(=O)[C@H](CCC(=O)O)NC(=O)[C@H](CCC(=O)O)NC(=O)[C@H](CCSC)NC(=O)[C@@H]1CCCN1C(=O)[C@@H](N)CCCCN)C(=O)O. The van der Waals surface area contributed by atoms with Gasteiger partial charge in [-0.3, -0.25) is 43.3 Å². The van der Waals surface area contributed by atoms with Crippen LogP contribution in [0.5, 0.6) is 0 Å². The van der Waals surface area contributed by atoms with Gasteiger partial charge in [-0.15, -0.1) is 0 Å². The number of nitrogens with two attached hydrogens (primary N) is 4. The molecular weight excluding hydrogens is 855 g/mol. The van der Waals surface area contributed by atoms with Gasteiger partial charge in [-0.05, 0) is 94.8 Å². The highest BCUT2D eigenvalue weighted by Crippen LogP contribution is 2.20. The highest BCUT2D eigenvalue weighted by molar-refractivity contribution is 7.98. The largest absolute Gasteiger partial charge is 0.481 e. The van der Waals surface area contributed by atoms with Crippen molar-refractivity contribution in [3.05, 3.63) is 0 Å². The molecular formula is C37H65N11O12S2. The molecule has 1 aliphatic heterocycles. The van der Waals surface area contributed by atoms with Crippen LogP contribution in [0.15, 0.2) is 4.99 Å². The lowest BCUT2D eigenvalue weighted by molar-refractivity contribution is -0.142. The second-order valence-corrected chi connectivity index (χ2v) is 16.6. The van der Waals surface area contributed by atoms with Crippen molar-refractivity contribution in [2.45, 2.75) is 126 Å². The molecule has 62 heavy (non-hydrogen) atoms. The van der Waals surface area contributed by atoms with Gasteiger partial charge in [0.25, 0.3) is 0 Å². The third kappa shape index (κ3) is 21.3. The molecule has 1 rings (SSSR count). The lowest BCUT2D eigenvalue weighted by atomic mass is 10.0. The predicted molar refractivity (Wildman–Crippen MR) is 233 cm³/mol. The first-order valence-corrected chi connectivity index (χ1v) is 23.1. The second kappa shape index (κ2) is 30.2. The standard InChI is InChI=1S/C37H65N11O12S2/c1-61-19-14-25(46-34(57)27-9-6-18-48(27)35(58)21(39)7-3-4-16-38)33(56)45-24(11-13-29(51)52)32(55)44-23(10-12-28(49)50)31(54)43-22(8-5-17-42-37(40)41)30(53)47-26(36(59)60)15-20-62-2/h21-27H,3-20,38-39H2,1-2H3,(H,43,54)(H,44,55)(H,45,56)(H,46,57)(H,47,53)(H,49,50)(H,51,52)(H,59,60)(H4,40,41,42)/t21-,22-,23-,24-,25-,26-,27-/m0/s1. The summed E-state index contributed by atoms with van der Waals surface area (Å²) in [5.74, 6) is -8.39. The van der Waals surface area contributed by atoms with Crippen molar-refractivity contribution < 1.29 is 58.5 Å². The van der Waals surface area contributed by atoms with Crippen LogP contribution in [0.3, 0.4) is 0 Å². The first kappa shape index (κ1) is 55.1. The van der Waals surface area contributed by atoms with E-state index >= 15 is 0 Å². The van der Waals surface area contributed by atoms with E-state index in [9.17, 15) is 58.5 Å². The van der Waals surface area contributed by atoms with E-state index in [1.165, 1.54) is 28.4 Å². The van der Waals surface area contributed by atoms with Gasteiger partial charge in [0, 0.05) is 25.9 Å². The molecule has 0 aliphatic carbocycles. The van der Waals surface area contributed by atoms with E-state index in [1.807, 2.05) is 0 Å². The molecule has 1 saturated heterocycles. The summed E-state index contributed by atoms with van der Waals surface area (Å²) in [6.07, 6.45) is 3.87. The maximum Gasteiger partial charge on any atom is 0.326 e. The number of carbonyl (C=O) groups is 9. The van der Waals surface area contributed by atoms with Gasteiger partial charge in [-0.25, -0.2) is 4.79 Å². The number of nitrogens with zero attached hydrogens (tertiary/aromatic N) is 2. The Morgan fingerprint density at radius 1 is 0.661 bits per heavy atom. The van der Waals surface area contributed by atoms with Crippen LogP contribution in [0.2, 0.25) is 0 Å². The normalized spacial score (nSPS) is 16.3. The number of aliphatic carboxylic acids is 3. The number of likely N-dealkylation sites (tertiary alicyclic amines) is 1. The number of carboxylic acids is 3. The molecule has 0 aromatic rings. The second-order valence-electron chi connectivity index (χ2n) is 14.6. The summed E-state index contributed by atoms with van der Waals surface area (Å²) >= 11 is 2.71. The Balaban J connectivity index is 3.36. The van der Waals surface area contributed by atoms with Crippen molar-refractivity contribution in [2.75, 3.05) is 43.7 Å². The molecule has 0 radical (unpaired) electrons. The molecule has 25 heteroatoms. The van der Waals surface area contributed by atoms with Crippen molar-refractivity contribution in [3.8, 4) is 0 Å². The van der Waals surface area contributed by atoms with Crippen LogP contribution in [0.1, 0.15) is 83.5 Å². The monoisotopic (exact) mass is 919 g/mol. The first-order chi connectivity index (χ1) is 29.4. The molecule has 0 spiro atoms. The lowest BCUT2D eigenvalue weighted by Gasteiger charge is -2.29. The van der Waals surface area contributed by atoms with E-state index in [1.54, 1.807) is 12.5 Å². The zero-order valence-electron chi connectivity index (χ0n) is 35.3. The molecule has 23 nitrogen and oxygen atoms in total. The van der Waals surface area contributed by atoms with Crippen LogP contribution in [0.25, 0.3) is 0 Å². The molecule has 0 bridgehead atoms. The van der Waals surface area contributed by atoms with Crippen LogP contribution in [-0.4, -0.2) is 165 Å². The molecule has 1 fully saturated rings. The molecule has 16 N–H and O–H groups in total. The average molecular weight is 920 g/mol. The molecule has 6 amide bonds. The van der Waals surface area contributed by atoms with Gasteiger partial charge in [0.15, 0.2) is 5.96 Å². The summed E-state index contributed by atoms with van der Waals surface area (Å²) in [6.45, 7) is 0.747. The van der Waals surface area contributed by atoms with E-state index in [2.05, 4.69) is 31.6 Å². The summed E-state index contributed by atoms with van der Waals surface area (Å²) in [6, 6.07) is -9.00. The van der Waals surface area contributed by atoms with E-state index in [0.717, 1.165) is 0 Å². The number of hydrogen-bond acceptors (Lipinski definition) is 14. The third-order valence-electron chi connectivity index (χ3n) is 9.73. The Hall–Kier alpha value is -4.88. The number of carbonyl (C=O) groups excluding carboxylic acids is 6. The van der Waals surface area contributed by atoms with Crippen molar-refractivity contribution in [1.29, 1.82) is 0 Å². The molecule has 352 valence electrons. The molecule has 0 aromatic carbocycles. The van der Waals surface area contributed by atoms with Gasteiger partial charge < -0.3 is 69.7 Å². The number of nitrogens with one attached hydrogen (secondary N) is 5. The Labute approximate surface area is 369 Å². The average Bonchev–Trinajstić information content (AvgIpc) is 3.71. The third-order valence-corrected chi connectivity index (χ3v) is 11.0. The minimum atomic E-state index is -1.65. The van der Waals surface area contributed by atoms with E-state index in [-0.39, 0.29) is 44.7 Å². The number of aliphatic imine (C=N–C) groups is 1. The van der Waals surface area contributed by atoms with Crippen molar-refractivity contribution in [3.63, 3.8) is 0 Å². The number of rotatable bonds is 32. The Kier molecular flexibility index (Phi) is 26.9. The highest BCUT2D eigenvalue weighted by atomic mass is 32.2. The molecule has 7 atom stereocenters. The smallest absolute Gasteiger partial charge is 0.326 e. The fraction of sp³-hybridized carbons (Fsp3) is 0.730. The van der Waals surface area contributed by atoms with Gasteiger partial charge in [-0.2, -0.15) is 23.5 Å². The number of amides is 6. The first-order valence-electron chi connectivity index (χ1n) is 20.3. The molecule has 0 aromatic heterocycles. The molecule has 1 aliphatic rings. The van der Waals surface area contributed by atoms with E-state index in [4.69, 9.17) is 22.9 Å². The summed E-state index contributed by atoms with van der Waals surface area (Å²) < 4.78 is 0. The van der Waals surface area contributed by atoms with Gasteiger partial charge in [0.1, 0.15) is 36.3 Å². The Bertz CT molecular complexity index is 1560. The van der Waals surface area contributed by atoms with E-state index < -0.39 is 121 Å². The Morgan fingerprint density at radius 3 is 1.58 bits per heavy atom. The number of guanidine groups is 1. The van der Waals surface area contributed by atoms with Gasteiger partial charge >= 0.3 is 17.9 Å². The summed E-state index contributed by atoms with van der Waals surface area (Å²) in [5, 5.41) is 40.9. The van der Waals surface area contributed by atoms with Gasteiger partial charge in [0.2, 0.25) is 35.4 Å². The number of carboxylic acid groups (broad SMARTS) is 3.